The van der Waals surface area contributed by atoms with Crippen molar-refractivity contribution in [3.63, 3.8) is 0 Å². The molecule has 0 atom stereocenters. The zero-order valence-electron chi connectivity index (χ0n) is 8.18. The van der Waals surface area contributed by atoms with Crippen LogP contribution in [-0.4, -0.2) is 42.0 Å². The first kappa shape index (κ1) is 12.0. The molecule has 1 amide bonds. The summed E-state index contributed by atoms with van der Waals surface area (Å²) in [5.74, 6) is -1.44. The van der Waals surface area contributed by atoms with Crippen LogP contribution in [0.3, 0.4) is 0 Å². The Labute approximate surface area is 87.9 Å². The molecule has 6 nitrogen and oxygen atoms in total. The molecule has 1 rings (SSSR count). The fourth-order valence-corrected chi connectivity index (χ4v) is 2.97. The second kappa shape index (κ2) is 4.61. The smallest absolute Gasteiger partial charge is 0.303 e. The standard InChI is InChI=1S/C8H13NO5S/c10-7-3-2-6-15(13,14)9(7)5-1-4-8(11)12/h1-6H2,(H,11,12). The maximum absolute atomic E-state index is 11.4. The lowest BCUT2D eigenvalue weighted by Gasteiger charge is -2.25. The number of carboxylic acid groups (broad SMARTS) is 1. The highest BCUT2D eigenvalue weighted by atomic mass is 32.2. The molecule has 0 aromatic carbocycles. The van der Waals surface area contributed by atoms with E-state index in [1.165, 1.54) is 0 Å². The Hall–Kier alpha value is -1.11. The van der Waals surface area contributed by atoms with E-state index in [1.54, 1.807) is 0 Å². The van der Waals surface area contributed by atoms with E-state index in [0.29, 0.717) is 6.42 Å². The van der Waals surface area contributed by atoms with Gasteiger partial charge in [0.1, 0.15) is 0 Å². The van der Waals surface area contributed by atoms with Crippen molar-refractivity contribution in [2.45, 2.75) is 25.7 Å². The lowest BCUT2D eigenvalue weighted by atomic mass is 10.3. The quantitative estimate of drug-likeness (QED) is 0.728. The third-order valence-electron chi connectivity index (χ3n) is 2.16. The van der Waals surface area contributed by atoms with Gasteiger partial charge >= 0.3 is 5.97 Å². The number of amides is 1. The predicted octanol–water partition coefficient (Wildman–Crippen LogP) is -0.197. The fourth-order valence-electron chi connectivity index (χ4n) is 1.43. The summed E-state index contributed by atoms with van der Waals surface area (Å²) in [4.78, 5) is 21.5. The molecule has 0 radical (unpaired) electrons. The van der Waals surface area contributed by atoms with Crippen molar-refractivity contribution >= 4 is 21.9 Å². The Bertz CT molecular complexity index is 361. The van der Waals surface area contributed by atoms with Gasteiger partial charge in [-0.3, -0.25) is 9.59 Å². The number of sulfonamides is 1. The minimum atomic E-state index is -3.48. The molecule has 7 heteroatoms. The van der Waals surface area contributed by atoms with Crippen molar-refractivity contribution in [3.8, 4) is 0 Å². The van der Waals surface area contributed by atoms with Crippen LogP contribution in [0.25, 0.3) is 0 Å². The van der Waals surface area contributed by atoms with Crippen molar-refractivity contribution in [2.75, 3.05) is 12.3 Å². The average Bonchev–Trinajstić information content (AvgIpc) is 2.09. The summed E-state index contributed by atoms with van der Waals surface area (Å²) < 4.78 is 23.7. The second-order valence-corrected chi connectivity index (χ2v) is 5.40. The van der Waals surface area contributed by atoms with Gasteiger partial charge in [0.2, 0.25) is 15.9 Å². The molecular formula is C8H13NO5S. The molecule has 1 saturated heterocycles. The molecule has 1 aliphatic heterocycles. The normalized spacial score (nSPS) is 20.3. The van der Waals surface area contributed by atoms with E-state index in [0.717, 1.165) is 4.31 Å². The summed E-state index contributed by atoms with van der Waals surface area (Å²) >= 11 is 0. The molecule has 1 N–H and O–H groups in total. The molecule has 0 aromatic rings. The monoisotopic (exact) mass is 235 g/mol. The maximum Gasteiger partial charge on any atom is 0.303 e. The van der Waals surface area contributed by atoms with Crippen molar-refractivity contribution in [2.24, 2.45) is 0 Å². The molecule has 0 aliphatic carbocycles. The van der Waals surface area contributed by atoms with Gasteiger partial charge in [-0.15, -0.1) is 0 Å². The summed E-state index contributed by atoms with van der Waals surface area (Å²) in [6.07, 6.45) is 0.627. The topological polar surface area (TPSA) is 91.8 Å². The van der Waals surface area contributed by atoms with E-state index >= 15 is 0 Å². The molecule has 0 aromatic heterocycles. The number of carbonyl (C=O) groups excluding carboxylic acids is 1. The zero-order valence-corrected chi connectivity index (χ0v) is 8.99. The first-order valence-electron chi connectivity index (χ1n) is 4.68. The van der Waals surface area contributed by atoms with Crippen LogP contribution in [0, 0.1) is 0 Å². The Balaban J connectivity index is 2.57. The summed E-state index contributed by atoms with van der Waals surface area (Å²) in [7, 11) is -3.48. The molecule has 1 heterocycles. The van der Waals surface area contributed by atoms with Crippen LogP contribution >= 0.6 is 0 Å². The molecule has 0 saturated carbocycles. The van der Waals surface area contributed by atoms with E-state index < -0.39 is 21.9 Å². The van der Waals surface area contributed by atoms with Crippen molar-refractivity contribution < 1.29 is 23.1 Å². The Morgan fingerprint density at radius 3 is 2.67 bits per heavy atom. The van der Waals surface area contributed by atoms with Crippen LogP contribution in [-0.2, 0) is 19.6 Å². The minimum absolute atomic E-state index is 0.0204. The van der Waals surface area contributed by atoms with Crippen molar-refractivity contribution in [1.82, 2.24) is 4.31 Å². The Kier molecular flexibility index (Phi) is 3.67. The average molecular weight is 235 g/mol. The highest BCUT2D eigenvalue weighted by Crippen LogP contribution is 2.15. The summed E-state index contributed by atoms with van der Waals surface area (Å²) in [5.41, 5.74) is 0. The van der Waals surface area contributed by atoms with Gasteiger partial charge < -0.3 is 5.11 Å². The fraction of sp³-hybridized carbons (Fsp3) is 0.750. The van der Waals surface area contributed by atoms with Gasteiger partial charge in [0.05, 0.1) is 5.75 Å². The van der Waals surface area contributed by atoms with E-state index in [9.17, 15) is 18.0 Å². The summed E-state index contributed by atoms with van der Waals surface area (Å²) in [6, 6.07) is 0. The summed E-state index contributed by atoms with van der Waals surface area (Å²) in [6.45, 7) is -0.0204. The van der Waals surface area contributed by atoms with E-state index in [-0.39, 0.29) is 31.6 Å². The van der Waals surface area contributed by atoms with E-state index in [2.05, 4.69) is 0 Å². The predicted molar refractivity (Wildman–Crippen MR) is 51.6 cm³/mol. The highest BCUT2D eigenvalue weighted by Gasteiger charge is 2.30. The lowest BCUT2D eigenvalue weighted by molar-refractivity contribution is -0.137. The number of carboxylic acids is 1. The first-order valence-corrected chi connectivity index (χ1v) is 6.29. The van der Waals surface area contributed by atoms with Crippen molar-refractivity contribution in [3.05, 3.63) is 0 Å². The van der Waals surface area contributed by atoms with E-state index in [4.69, 9.17) is 5.11 Å². The Morgan fingerprint density at radius 2 is 2.13 bits per heavy atom. The van der Waals surface area contributed by atoms with Gasteiger partial charge in [0.15, 0.2) is 0 Å². The van der Waals surface area contributed by atoms with E-state index in [1.807, 2.05) is 0 Å². The van der Waals surface area contributed by atoms with Crippen LogP contribution in [0.5, 0.6) is 0 Å². The third-order valence-corrected chi connectivity index (χ3v) is 4.02. The van der Waals surface area contributed by atoms with Crippen LogP contribution in [0.2, 0.25) is 0 Å². The molecule has 15 heavy (non-hydrogen) atoms. The largest absolute Gasteiger partial charge is 0.481 e. The van der Waals surface area contributed by atoms with Crippen LogP contribution in [0.1, 0.15) is 25.7 Å². The molecule has 1 aliphatic rings. The zero-order chi connectivity index (χ0) is 11.5. The summed E-state index contributed by atoms with van der Waals surface area (Å²) in [5, 5.41) is 8.39. The number of carbonyl (C=O) groups is 2. The van der Waals surface area contributed by atoms with Gasteiger partial charge in [-0.25, -0.2) is 12.7 Å². The Morgan fingerprint density at radius 1 is 1.47 bits per heavy atom. The van der Waals surface area contributed by atoms with Crippen LogP contribution in [0.4, 0.5) is 0 Å². The molecular weight excluding hydrogens is 222 g/mol. The molecule has 1 fully saturated rings. The van der Waals surface area contributed by atoms with Gasteiger partial charge in [0, 0.05) is 19.4 Å². The first-order chi connectivity index (χ1) is 6.93. The molecule has 0 bridgehead atoms. The van der Waals surface area contributed by atoms with Crippen molar-refractivity contribution in [1.29, 1.82) is 0 Å². The molecule has 0 spiro atoms. The number of rotatable bonds is 4. The number of nitrogens with zero attached hydrogens (tertiary/aromatic N) is 1. The van der Waals surface area contributed by atoms with Gasteiger partial charge in [0.25, 0.3) is 0 Å². The number of aliphatic carboxylic acids is 1. The van der Waals surface area contributed by atoms with Crippen LogP contribution < -0.4 is 0 Å². The highest BCUT2D eigenvalue weighted by molar-refractivity contribution is 7.89. The van der Waals surface area contributed by atoms with Crippen LogP contribution in [0.15, 0.2) is 0 Å². The maximum atomic E-state index is 11.4. The molecule has 86 valence electrons. The lowest BCUT2D eigenvalue weighted by Crippen LogP contribution is -2.42. The van der Waals surface area contributed by atoms with Gasteiger partial charge in [-0.05, 0) is 12.8 Å². The van der Waals surface area contributed by atoms with Gasteiger partial charge in [-0.1, -0.05) is 0 Å². The number of hydrogen-bond acceptors (Lipinski definition) is 4. The van der Waals surface area contributed by atoms with Gasteiger partial charge in [-0.2, -0.15) is 0 Å². The number of hydrogen-bond donors (Lipinski definition) is 1. The minimum Gasteiger partial charge on any atom is -0.481 e. The SMILES string of the molecule is O=C(O)CCCN1C(=O)CCCS1(=O)=O. The molecule has 0 unspecified atom stereocenters. The second-order valence-electron chi connectivity index (χ2n) is 3.38. The third kappa shape index (κ3) is 3.19.